The van der Waals surface area contributed by atoms with Crippen LogP contribution < -0.4 is 5.32 Å². The Hall–Kier alpha value is -3.76. The van der Waals surface area contributed by atoms with Crippen molar-refractivity contribution < 1.29 is 14.3 Å². The third-order valence-electron chi connectivity index (χ3n) is 4.89. The van der Waals surface area contributed by atoms with Crippen molar-refractivity contribution in [3.8, 4) is 22.5 Å². The van der Waals surface area contributed by atoms with Gasteiger partial charge in [-0.3, -0.25) is 14.3 Å². The molecule has 1 N–H and O–H groups in total. The molecule has 0 aliphatic rings. The number of carbonyl (C=O) groups excluding carboxylic acids is 2. The van der Waals surface area contributed by atoms with Crippen LogP contribution in [0.1, 0.15) is 17.3 Å². The number of nitrogens with zero attached hydrogens (tertiary/aromatic N) is 4. The summed E-state index contributed by atoms with van der Waals surface area (Å²) >= 11 is 2.55. The van der Waals surface area contributed by atoms with E-state index in [1.165, 1.54) is 23.1 Å². The second-order valence-corrected chi connectivity index (χ2v) is 9.05. The van der Waals surface area contributed by atoms with E-state index in [-0.39, 0.29) is 18.3 Å². The third-order valence-corrected chi connectivity index (χ3v) is 6.75. The van der Waals surface area contributed by atoms with Crippen LogP contribution in [0.3, 0.4) is 0 Å². The number of thiophene rings is 1. The molecule has 0 aliphatic heterocycles. The summed E-state index contributed by atoms with van der Waals surface area (Å²) in [5.74, 6) is 0.000118. The number of nitrogens with one attached hydrogen (secondary N) is 1. The Morgan fingerprint density at radius 1 is 1.17 bits per heavy atom. The largest absolute Gasteiger partial charge is 0.462 e. The molecule has 8 nitrogen and oxygen atoms in total. The van der Waals surface area contributed by atoms with E-state index >= 15 is 0 Å². The number of anilines is 1. The number of carbonyl (C=O) groups is 2. The van der Waals surface area contributed by atoms with Gasteiger partial charge in [0.15, 0.2) is 11.0 Å². The van der Waals surface area contributed by atoms with Crippen LogP contribution in [0.25, 0.3) is 22.5 Å². The molecule has 0 spiro atoms. The molecule has 0 unspecified atom stereocenters. The molecule has 0 radical (unpaired) electrons. The van der Waals surface area contributed by atoms with E-state index in [1.54, 1.807) is 25.4 Å². The maximum absolute atomic E-state index is 12.8. The first-order valence-electron chi connectivity index (χ1n) is 10.8. The highest BCUT2D eigenvalue weighted by molar-refractivity contribution is 7.99. The number of ether oxygens (including phenoxy) is 1. The topological polar surface area (TPSA) is 99.0 Å². The number of rotatable bonds is 10. The molecular weight excluding hydrogens is 482 g/mol. The molecule has 4 rings (SSSR count). The van der Waals surface area contributed by atoms with E-state index in [4.69, 9.17) is 4.74 Å². The molecule has 0 saturated heterocycles. The zero-order valence-corrected chi connectivity index (χ0v) is 20.6. The van der Waals surface area contributed by atoms with Crippen molar-refractivity contribution >= 4 is 40.0 Å². The summed E-state index contributed by atoms with van der Waals surface area (Å²) in [5, 5.41) is 14.3. The average Bonchev–Trinajstić information content (AvgIpc) is 3.48. The van der Waals surface area contributed by atoms with Crippen LogP contribution in [-0.2, 0) is 16.1 Å². The van der Waals surface area contributed by atoms with Crippen LogP contribution in [0, 0.1) is 0 Å². The molecule has 1 aromatic carbocycles. The summed E-state index contributed by atoms with van der Waals surface area (Å²) in [6.45, 7) is 6.28. The minimum absolute atomic E-state index is 0.0865. The summed E-state index contributed by atoms with van der Waals surface area (Å²) in [6, 6.07) is 13.3. The molecule has 178 valence electrons. The number of esters is 1. The fourth-order valence-electron chi connectivity index (χ4n) is 3.38. The van der Waals surface area contributed by atoms with E-state index in [0.717, 1.165) is 16.7 Å². The third kappa shape index (κ3) is 5.67. The summed E-state index contributed by atoms with van der Waals surface area (Å²) in [4.78, 5) is 29.7. The van der Waals surface area contributed by atoms with Crippen LogP contribution in [0.2, 0.25) is 0 Å². The number of aromatic nitrogens is 4. The van der Waals surface area contributed by atoms with Gasteiger partial charge >= 0.3 is 5.97 Å². The van der Waals surface area contributed by atoms with Gasteiger partial charge in [-0.15, -0.1) is 28.1 Å². The first-order valence-corrected chi connectivity index (χ1v) is 12.7. The predicted molar refractivity (Wildman–Crippen MR) is 139 cm³/mol. The predicted octanol–water partition coefficient (Wildman–Crippen LogP) is 5.16. The number of hydrogen-bond donors (Lipinski definition) is 1. The van der Waals surface area contributed by atoms with Crippen molar-refractivity contribution in [3.05, 3.63) is 78.5 Å². The molecule has 0 atom stereocenters. The van der Waals surface area contributed by atoms with Gasteiger partial charge in [-0.2, -0.15) is 0 Å². The standard InChI is InChI=1S/C25H23N5O3S2/c1-3-13-30-22(18-11-8-12-26-14-18)28-29-25(30)35-16-20(31)27-23-21(24(32)33-4-2)19(15-34-23)17-9-6-5-7-10-17/h3,5-12,14-15H,1,4,13,16H2,2H3,(H,27,31). The van der Waals surface area contributed by atoms with Crippen LogP contribution in [0.15, 0.2) is 78.0 Å². The Bertz CT molecular complexity index is 1320. The van der Waals surface area contributed by atoms with E-state index in [1.807, 2.05) is 52.4 Å². The monoisotopic (exact) mass is 505 g/mol. The normalized spacial score (nSPS) is 10.7. The second-order valence-electron chi connectivity index (χ2n) is 7.22. The molecular formula is C25H23N5O3S2. The Labute approximate surface area is 211 Å². The lowest BCUT2D eigenvalue weighted by Gasteiger charge is -2.09. The fraction of sp³-hybridized carbons (Fsp3) is 0.160. The van der Waals surface area contributed by atoms with Crippen molar-refractivity contribution in [2.45, 2.75) is 18.6 Å². The van der Waals surface area contributed by atoms with Crippen LogP contribution >= 0.6 is 23.1 Å². The lowest BCUT2D eigenvalue weighted by Crippen LogP contribution is -2.17. The van der Waals surface area contributed by atoms with Crippen molar-refractivity contribution in [1.82, 2.24) is 19.7 Å². The number of allylic oxidation sites excluding steroid dienone is 1. The number of pyridine rings is 1. The lowest BCUT2D eigenvalue weighted by molar-refractivity contribution is -0.113. The van der Waals surface area contributed by atoms with E-state index in [2.05, 4.69) is 27.1 Å². The SMILES string of the molecule is C=CCn1c(SCC(=O)Nc2scc(-c3ccccc3)c2C(=O)OCC)nnc1-c1cccnc1. The number of amides is 1. The van der Waals surface area contributed by atoms with Gasteiger partial charge in [0.05, 0.1) is 12.4 Å². The van der Waals surface area contributed by atoms with Gasteiger partial charge in [-0.1, -0.05) is 48.2 Å². The molecule has 3 aromatic heterocycles. The molecule has 3 heterocycles. The van der Waals surface area contributed by atoms with E-state index in [9.17, 15) is 9.59 Å². The zero-order valence-electron chi connectivity index (χ0n) is 19.0. The van der Waals surface area contributed by atoms with Gasteiger partial charge in [-0.25, -0.2) is 4.79 Å². The lowest BCUT2D eigenvalue weighted by atomic mass is 10.0. The Morgan fingerprint density at radius 2 is 1.97 bits per heavy atom. The Kier molecular flexibility index (Phi) is 8.07. The minimum atomic E-state index is -0.470. The van der Waals surface area contributed by atoms with Gasteiger partial charge in [0, 0.05) is 35.4 Å². The van der Waals surface area contributed by atoms with Crippen LogP contribution in [0.4, 0.5) is 5.00 Å². The highest BCUT2D eigenvalue weighted by atomic mass is 32.2. The first kappa shape index (κ1) is 24.4. The molecule has 0 bridgehead atoms. The molecule has 4 aromatic rings. The number of hydrogen-bond acceptors (Lipinski definition) is 8. The molecule has 1 amide bonds. The molecule has 10 heteroatoms. The maximum atomic E-state index is 12.8. The van der Waals surface area contributed by atoms with Gasteiger partial charge in [0.2, 0.25) is 5.91 Å². The summed E-state index contributed by atoms with van der Waals surface area (Å²) < 4.78 is 7.14. The summed E-state index contributed by atoms with van der Waals surface area (Å²) in [6.07, 6.45) is 5.15. The van der Waals surface area contributed by atoms with Crippen molar-refractivity contribution in [2.75, 3.05) is 17.7 Å². The second kappa shape index (κ2) is 11.6. The van der Waals surface area contributed by atoms with Gasteiger partial charge in [-0.05, 0) is 24.6 Å². The van der Waals surface area contributed by atoms with E-state index in [0.29, 0.717) is 28.1 Å². The van der Waals surface area contributed by atoms with Gasteiger partial charge in [0.25, 0.3) is 0 Å². The highest BCUT2D eigenvalue weighted by Crippen LogP contribution is 2.36. The van der Waals surface area contributed by atoms with Crippen molar-refractivity contribution in [3.63, 3.8) is 0 Å². The van der Waals surface area contributed by atoms with Gasteiger partial charge < -0.3 is 10.1 Å². The zero-order chi connectivity index (χ0) is 24.6. The average molecular weight is 506 g/mol. The highest BCUT2D eigenvalue weighted by Gasteiger charge is 2.23. The van der Waals surface area contributed by atoms with E-state index < -0.39 is 5.97 Å². The maximum Gasteiger partial charge on any atom is 0.341 e. The first-order chi connectivity index (χ1) is 17.1. The minimum Gasteiger partial charge on any atom is -0.462 e. The fourth-order valence-corrected chi connectivity index (χ4v) is 5.10. The Morgan fingerprint density at radius 3 is 2.69 bits per heavy atom. The van der Waals surface area contributed by atoms with Crippen LogP contribution in [0.5, 0.6) is 0 Å². The molecule has 0 aliphatic carbocycles. The molecule has 0 saturated carbocycles. The van der Waals surface area contributed by atoms with Crippen LogP contribution in [-0.4, -0.2) is 44.0 Å². The smallest absolute Gasteiger partial charge is 0.341 e. The van der Waals surface area contributed by atoms with Crippen molar-refractivity contribution in [1.29, 1.82) is 0 Å². The summed E-state index contributed by atoms with van der Waals surface area (Å²) in [7, 11) is 0. The molecule has 35 heavy (non-hydrogen) atoms. The molecule has 0 fully saturated rings. The van der Waals surface area contributed by atoms with Gasteiger partial charge in [0.1, 0.15) is 10.6 Å². The number of benzene rings is 1. The number of thioether (sulfide) groups is 1. The Balaban J connectivity index is 1.52. The quantitative estimate of drug-likeness (QED) is 0.180. The summed E-state index contributed by atoms with van der Waals surface area (Å²) in [5.41, 5.74) is 2.78. The van der Waals surface area contributed by atoms with Crippen molar-refractivity contribution in [2.24, 2.45) is 0 Å².